The molecule has 0 aliphatic heterocycles. The molecule has 4 nitrogen and oxygen atoms in total. The fourth-order valence-electron chi connectivity index (χ4n) is 2.57. The van der Waals surface area contributed by atoms with Gasteiger partial charge in [0.2, 0.25) is 0 Å². The zero-order valence-electron chi connectivity index (χ0n) is 12.1. The number of rotatable bonds is 4. The van der Waals surface area contributed by atoms with Gasteiger partial charge in [0.1, 0.15) is 5.82 Å². The topological polar surface area (TPSA) is 55.1 Å². The number of carboxylic acid groups (broad SMARTS) is 1. The zero-order valence-corrected chi connectivity index (χ0v) is 12.8. The van der Waals surface area contributed by atoms with E-state index in [1.54, 1.807) is 0 Å². The second-order valence-electron chi connectivity index (χ2n) is 5.23. The van der Waals surface area contributed by atoms with Crippen molar-refractivity contribution in [3.05, 3.63) is 64.4 Å². The van der Waals surface area contributed by atoms with Crippen LogP contribution < -0.4 is 0 Å². The quantitative estimate of drug-likeness (QED) is 0.799. The van der Waals surface area contributed by atoms with Gasteiger partial charge in [-0.3, -0.25) is 4.79 Å². The van der Waals surface area contributed by atoms with Crippen molar-refractivity contribution < 1.29 is 9.90 Å². The molecule has 1 heterocycles. The van der Waals surface area contributed by atoms with Crippen molar-refractivity contribution in [1.29, 1.82) is 0 Å². The van der Waals surface area contributed by atoms with Gasteiger partial charge in [-0.05, 0) is 36.2 Å². The van der Waals surface area contributed by atoms with E-state index in [0.29, 0.717) is 11.6 Å². The molecule has 1 aromatic heterocycles. The Kier molecular flexibility index (Phi) is 3.86. The maximum atomic E-state index is 10.9. The summed E-state index contributed by atoms with van der Waals surface area (Å²) in [4.78, 5) is 15.4. The predicted octanol–water partition coefficient (Wildman–Crippen LogP) is 3.67. The molecule has 2 aromatic carbocycles. The lowest BCUT2D eigenvalue weighted by Gasteiger charge is -2.09. The van der Waals surface area contributed by atoms with Crippen LogP contribution in [0.2, 0.25) is 5.02 Å². The van der Waals surface area contributed by atoms with E-state index < -0.39 is 5.97 Å². The number of hydrogen-bond donors (Lipinski definition) is 1. The number of fused-ring (bicyclic) bond motifs is 1. The van der Waals surface area contributed by atoms with Crippen LogP contribution in [0.25, 0.3) is 11.0 Å². The highest BCUT2D eigenvalue weighted by Gasteiger charge is 2.11. The van der Waals surface area contributed by atoms with Crippen molar-refractivity contribution in [2.75, 3.05) is 0 Å². The summed E-state index contributed by atoms with van der Waals surface area (Å²) in [7, 11) is 0. The first-order valence-corrected chi connectivity index (χ1v) is 7.33. The standard InChI is InChI=1S/C17H15ClN2O2/c1-11-19-15-7-6-12(9-17(21)22)8-16(15)20(11)10-13-4-2-3-5-14(13)18/h2-8H,9-10H2,1H3,(H,21,22). The maximum absolute atomic E-state index is 10.9. The molecule has 0 saturated heterocycles. The first-order chi connectivity index (χ1) is 10.5. The van der Waals surface area contributed by atoms with Gasteiger partial charge < -0.3 is 9.67 Å². The molecular weight excluding hydrogens is 300 g/mol. The Morgan fingerprint density at radius 3 is 2.77 bits per heavy atom. The van der Waals surface area contributed by atoms with Crippen molar-refractivity contribution in [2.24, 2.45) is 0 Å². The third-order valence-corrected chi connectivity index (χ3v) is 4.01. The van der Waals surface area contributed by atoms with Crippen molar-refractivity contribution in [3.8, 4) is 0 Å². The molecule has 22 heavy (non-hydrogen) atoms. The first-order valence-electron chi connectivity index (χ1n) is 6.95. The van der Waals surface area contributed by atoms with E-state index in [1.165, 1.54) is 0 Å². The number of benzene rings is 2. The van der Waals surface area contributed by atoms with Crippen LogP contribution in [0.1, 0.15) is 17.0 Å². The average molecular weight is 315 g/mol. The number of nitrogens with zero attached hydrogens (tertiary/aromatic N) is 2. The van der Waals surface area contributed by atoms with Gasteiger partial charge in [-0.15, -0.1) is 0 Å². The summed E-state index contributed by atoms with van der Waals surface area (Å²) in [6.45, 7) is 2.55. The monoisotopic (exact) mass is 314 g/mol. The molecule has 0 amide bonds. The minimum absolute atomic E-state index is 0.00621. The van der Waals surface area contributed by atoms with E-state index in [1.807, 2.05) is 49.4 Å². The third-order valence-electron chi connectivity index (χ3n) is 3.65. The third kappa shape index (κ3) is 2.83. The number of carbonyl (C=O) groups is 1. The van der Waals surface area contributed by atoms with E-state index >= 15 is 0 Å². The van der Waals surface area contributed by atoms with Gasteiger partial charge in [-0.2, -0.15) is 0 Å². The Hall–Kier alpha value is -2.33. The maximum Gasteiger partial charge on any atom is 0.307 e. The van der Waals surface area contributed by atoms with Crippen molar-refractivity contribution in [3.63, 3.8) is 0 Å². The van der Waals surface area contributed by atoms with Crippen molar-refractivity contribution in [1.82, 2.24) is 9.55 Å². The van der Waals surface area contributed by atoms with Crippen molar-refractivity contribution >= 4 is 28.6 Å². The van der Waals surface area contributed by atoms with Crippen LogP contribution in [0.5, 0.6) is 0 Å². The fourth-order valence-corrected chi connectivity index (χ4v) is 2.77. The number of aliphatic carboxylic acids is 1. The number of aryl methyl sites for hydroxylation is 1. The summed E-state index contributed by atoms with van der Waals surface area (Å²) in [5.74, 6) is 0.0376. The Balaban J connectivity index is 2.06. The number of imidazole rings is 1. The van der Waals surface area contributed by atoms with E-state index in [-0.39, 0.29) is 6.42 Å². The molecule has 0 unspecified atom stereocenters. The molecule has 0 saturated carbocycles. The van der Waals surface area contributed by atoms with Crippen LogP contribution in [0, 0.1) is 6.92 Å². The van der Waals surface area contributed by atoms with Crippen LogP contribution in [-0.2, 0) is 17.8 Å². The molecule has 0 fully saturated rings. The summed E-state index contributed by atoms with van der Waals surface area (Å²) >= 11 is 6.23. The normalized spacial score (nSPS) is 11.0. The van der Waals surface area contributed by atoms with Gasteiger partial charge in [0.15, 0.2) is 0 Å². The number of aromatic nitrogens is 2. The van der Waals surface area contributed by atoms with Crippen LogP contribution in [-0.4, -0.2) is 20.6 Å². The van der Waals surface area contributed by atoms with Gasteiger partial charge in [0.05, 0.1) is 24.0 Å². The number of hydrogen-bond acceptors (Lipinski definition) is 2. The number of carboxylic acids is 1. The highest BCUT2D eigenvalue weighted by molar-refractivity contribution is 6.31. The molecule has 0 aliphatic carbocycles. The van der Waals surface area contributed by atoms with E-state index in [4.69, 9.17) is 16.7 Å². The Labute approximate surface area is 133 Å². The average Bonchev–Trinajstić information content (AvgIpc) is 2.77. The second-order valence-corrected chi connectivity index (χ2v) is 5.64. The minimum atomic E-state index is -0.840. The summed E-state index contributed by atoms with van der Waals surface area (Å²) in [5.41, 5.74) is 3.56. The van der Waals surface area contributed by atoms with Crippen LogP contribution in [0.3, 0.4) is 0 Å². The van der Waals surface area contributed by atoms with Gasteiger partial charge >= 0.3 is 5.97 Å². The fraction of sp³-hybridized carbons (Fsp3) is 0.176. The van der Waals surface area contributed by atoms with Gasteiger partial charge in [0, 0.05) is 5.02 Å². The molecule has 1 N–H and O–H groups in total. The van der Waals surface area contributed by atoms with Crippen LogP contribution >= 0.6 is 11.6 Å². The summed E-state index contributed by atoms with van der Waals surface area (Å²) in [6.07, 6.45) is 0.00621. The Bertz CT molecular complexity index is 855. The molecule has 112 valence electrons. The molecule has 0 radical (unpaired) electrons. The second kappa shape index (κ2) is 5.81. The lowest BCUT2D eigenvalue weighted by atomic mass is 10.1. The van der Waals surface area contributed by atoms with Crippen molar-refractivity contribution in [2.45, 2.75) is 19.9 Å². The highest BCUT2D eigenvalue weighted by Crippen LogP contribution is 2.22. The molecule has 3 rings (SSSR count). The minimum Gasteiger partial charge on any atom is -0.481 e. The van der Waals surface area contributed by atoms with E-state index in [0.717, 1.165) is 28.0 Å². The molecule has 0 bridgehead atoms. The molecule has 0 spiro atoms. The lowest BCUT2D eigenvalue weighted by molar-refractivity contribution is -0.136. The Morgan fingerprint density at radius 2 is 2.05 bits per heavy atom. The van der Waals surface area contributed by atoms with Gasteiger partial charge in [-0.25, -0.2) is 4.98 Å². The van der Waals surface area contributed by atoms with E-state index in [9.17, 15) is 4.79 Å². The van der Waals surface area contributed by atoms with Crippen LogP contribution in [0.4, 0.5) is 0 Å². The SMILES string of the molecule is Cc1nc2ccc(CC(=O)O)cc2n1Cc1ccccc1Cl. The largest absolute Gasteiger partial charge is 0.481 e. The van der Waals surface area contributed by atoms with E-state index in [2.05, 4.69) is 9.55 Å². The zero-order chi connectivity index (χ0) is 15.7. The van der Waals surface area contributed by atoms with Gasteiger partial charge in [0.25, 0.3) is 0 Å². The summed E-state index contributed by atoms with van der Waals surface area (Å²) < 4.78 is 2.06. The first kappa shape index (κ1) is 14.6. The molecule has 3 aromatic rings. The Morgan fingerprint density at radius 1 is 1.27 bits per heavy atom. The summed E-state index contributed by atoms with van der Waals surface area (Å²) in [5, 5.41) is 9.66. The smallest absolute Gasteiger partial charge is 0.307 e. The molecule has 0 aliphatic rings. The summed E-state index contributed by atoms with van der Waals surface area (Å²) in [6, 6.07) is 13.3. The molecule has 0 atom stereocenters. The highest BCUT2D eigenvalue weighted by atomic mass is 35.5. The van der Waals surface area contributed by atoms with Crippen LogP contribution in [0.15, 0.2) is 42.5 Å². The number of halogens is 1. The van der Waals surface area contributed by atoms with Gasteiger partial charge in [-0.1, -0.05) is 35.9 Å². The lowest BCUT2D eigenvalue weighted by Crippen LogP contribution is -2.04. The predicted molar refractivity (Wildman–Crippen MR) is 86.4 cm³/mol. The molecular formula is C17H15ClN2O2. The molecule has 5 heteroatoms.